The van der Waals surface area contributed by atoms with Crippen LogP contribution in [-0.4, -0.2) is 27.1 Å². The number of carbonyl (C=O) groups excluding carboxylic acids is 1. The molecule has 0 aliphatic carbocycles. The summed E-state index contributed by atoms with van der Waals surface area (Å²) >= 11 is 1.34. The molecule has 0 spiro atoms. The predicted octanol–water partition coefficient (Wildman–Crippen LogP) is 5.86. The van der Waals surface area contributed by atoms with E-state index in [0.29, 0.717) is 22.3 Å². The van der Waals surface area contributed by atoms with E-state index in [1.54, 1.807) is 17.0 Å². The Balaban J connectivity index is 1.69. The molecule has 1 aliphatic rings. The van der Waals surface area contributed by atoms with Crippen molar-refractivity contribution in [2.24, 2.45) is 4.99 Å². The molecule has 30 heavy (non-hydrogen) atoms. The third kappa shape index (κ3) is 3.96. The van der Waals surface area contributed by atoms with Crippen LogP contribution in [0.25, 0.3) is 11.8 Å². The standard InChI is InChI=1S/C24H22FN3OS/c1-4-27-23(29)22(30-24(27)26-19-10-8-18(25)9-11-19)15-20-6-5-13-28(20)21-12-7-16(2)14-17(21)3/h5-15H,4H2,1-3H3/b22-15+,26-24?. The van der Waals surface area contributed by atoms with Crippen molar-refractivity contribution in [3.63, 3.8) is 0 Å². The van der Waals surface area contributed by atoms with Crippen LogP contribution in [0, 0.1) is 19.7 Å². The Kier molecular flexibility index (Phi) is 5.59. The molecule has 1 saturated heterocycles. The Bertz CT molecular complexity index is 1160. The Morgan fingerprint density at radius 2 is 1.87 bits per heavy atom. The van der Waals surface area contributed by atoms with Gasteiger partial charge in [0.15, 0.2) is 5.17 Å². The van der Waals surface area contributed by atoms with Gasteiger partial charge in [0.25, 0.3) is 5.91 Å². The lowest BCUT2D eigenvalue weighted by Crippen LogP contribution is -2.28. The first-order valence-corrected chi connectivity index (χ1v) is 10.6. The van der Waals surface area contributed by atoms with Gasteiger partial charge < -0.3 is 4.57 Å². The van der Waals surface area contributed by atoms with Crippen molar-refractivity contribution in [1.82, 2.24) is 9.47 Å². The van der Waals surface area contributed by atoms with Gasteiger partial charge in [-0.2, -0.15) is 0 Å². The molecule has 1 aliphatic heterocycles. The van der Waals surface area contributed by atoms with E-state index in [-0.39, 0.29) is 11.7 Å². The van der Waals surface area contributed by atoms with Crippen LogP contribution in [0.5, 0.6) is 0 Å². The molecule has 4 nitrogen and oxygen atoms in total. The zero-order valence-corrected chi connectivity index (χ0v) is 17.9. The number of likely N-dealkylation sites (N-methyl/N-ethyl adjacent to an activating group) is 1. The minimum absolute atomic E-state index is 0.0725. The van der Waals surface area contributed by atoms with Gasteiger partial charge in [-0.05, 0) is 86.6 Å². The fourth-order valence-corrected chi connectivity index (χ4v) is 4.48. The summed E-state index contributed by atoms with van der Waals surface area (Å²) < 4.78 is 15.3. The van der Waals surface area contributed by atoms with Gasteiger partial charge in [-0.1, -0.05) is 17.7 Å². The highest BCUT2D eigenvalue weighted by atomic mass is 32.2. The first-order valence-electron chi connectivity index (χ1n) is 9.77. The summed E-state index contributed by atoms with van der Waals surface area (Å²) in [6, 6.07) is 16.2. The molecule has 6 heteroatoms. The van der Waals surface area contributed by atoms with Gasteiger partial charge in [0.05, 0.1) is 10.6 Å². The van der Waals surface area contributed by atoms with E-state index in [4.69, 9.17) is 0 Å². The van der Waals surface area contributed by atoms with Crippen LogP contribution in [0.3, 0.4) is 0 Å². The molecule has 0 unspecified atom stereocenters. The molecular weight excluding hydrogens is 397 g/mol. The summed E-state index contributed by atoms with van der Waals surface area (Å²) in [7, 11) is 0. The predicted molar refractivity (Wildman–Crippen MR) is 122 cm³/mol. The average Bonchev–Trinajstić information content (AvgIpc) is 3.28. The van der Waals surface area contributed by atoms with Crippen molar-refractivity contribution in [3.8, 4) is 5.69 Å². The first-order chi connectivity index (χ1) is 14.5. The van der Waals surface area contributed by atoms with E-state index < -0.39 is 0 Å². The van der Waals surface area contributed by atoms with Gasteiger partial charge in [0.1, 0.15) is 5.82 Å². The average molecular weight is 420 g/mol. The fourth-order valence-electron chi connectivity index (χ4n) is 3.44. The van der Waals surface area contributed by atoms with Crippen molar-refractivity contribution in [3.05, 3.63) is 88.3 Å². The maximum atomic E-state index is 13.2. The van der Waals surface area contributed by atoms with E-state index in [2.05, 4.69) is 41.6 Å². The Morgan fingerprint density at radius 1 is 1.10 bits per heavy atom. The van der Waals surface area contributed by atoms with Gasteiger partial charge >= 0.3 is 0 Å². The van der Waals surface area contributed by atoms with Crippen molar-refractivity contribution in [2.45, 2.75) is 20.8 Å². The number of amidine groups is 1. The molecule has 1 aromatic heterocycles. The van der Waals surface area contributed by atoms with Crippen LogP contribution >= 0.6 is 11.8 Å². The highest BCUT2D eigenvalue weighted by molar-refractivity contribution is 8.18. The van der Waals surface area contributed by atoms with E-state index in [0.717, 1.165) is 11.4 Å². The summed E-state index contributed by atoms with van der Waals surface area (Å²) in [6.45, 7) is 6.59. The summed E-state index contributed by atoms with van der Waals surface area (Å²) in [4.78, 5) is 19.8. The fraction of sp³-hybridized carbons (Fsp3) is 0.167. The molecule has 0 bridgehead atoms. The van der Waals surface area contributed by atoms with Gasteiger partial charge in [0, 0.05) is 24.1 Å². The second kappa shape index (κ2) is 8.32. The Hall–Kier alpha value is -3.12. The third-order valence-electron chi connectivity index (χ3n) is 4.93. The monoisotopic (exact) mass is 419 g/mol. The Labute approximate surface area is 179 Å². The number of nitrogens with zero attached hydrogens (tertiary/aromatic N) is 3. The molecule has 0 N–H and O–H groups in total. The SMILES string of the molecule is CCN1C(=O)/C(=C\c2cccn2-c2ccc(C)cc2C)SC1=Nc1ccc(F)cc1. The molecule has 1 fully saturated rings. The Morgan fingerprint density at radius 3 is 2.57 bits per heavy atom. The van der Waals surface area contributed by atoms with Gasteiger partial charge in [0.2, 0.25) is 0 Å². The molecule has 0 atom stereocenters. The smallest absolute Gasteiger partial charge is 0.266 e. The maximum Gasteiger partial charge on any atom is 0.266 e. The highest BCUT2D eigenvalue weighted by Crippen LogP contribution is 2.34. The highest BCUT2D eigenvalue weighted by Gasteiger charge is 2.32. The van der Waals surface area contributed by atoms with Gasteiger partial charge in [-0.25, -0.2) is 9.38 Å². The van der Waals surface area contributed by atoms with Crippen molar-refractivity contribution >= 4 is 34.6 Å². The van der Waals surface area contributed by atoms with Crippen LogP contribution in [0.15, 0.2) is 70.7 Å². The van der Waals surface area contributed by atoms with Crippen LogP contribution in [0.1, 0.15) is 23.7 Å². The van der Waals surface area contributed by atoms with Gasteiger partial charge in [-0.3, -0.25) is 9.69 Å². The molecule has 0 saturated carbocycles. The molecule has 2 heterocycles. The number of aliphatic imine (C=N–C) groups is 1. The zero-order chi connectivity index (χ0) is 21.3. The van der Waals surface area contributed by atoms with Crippen molar-refractivity contribution in [1.29, 1.82) is 0 Å². The summed E-state index contributed by atoms with van der Waals surface area (Å²) in [5.41, 5.74) is 5.01. The van der Waals surface area contributed by atoms with E-state index in [1.807, 2.05) is 31.3 Å². The number of aromatic nitrogens is 1. The second-order valence-corrected chi connectivity index (χ2v) is 8.13. The minimum atomic E-state index is -0.311. The van der Waals surface area contributed by atoms with E-state index in [9.17, 15) is 9.18 Å². The summed E-state index contributed by atoms with van der Waals surface area (Å²) in [5, 5.41) is 0.602. The normalized spacial score (nSPS) is 16.8. The first kappa shape index (κ1) is 20.2. The molecule has 0 radical (unpaired) electrons. The summed E-state index contributed by atoms with van der Waals surface area (Å²) in [6.07, 6.45) is 3.90. The quantitative estimate of drug-likeness (QED) is 0.497. The number of hydrogen-bond acceptors (Lipinski definition) is 3. The number of benzene rings is 2. The van der Waals surface area contributed by atoms with Crippen LogP contribution < -0.4 is 0 Å². The molecule has 152 valence electrons. The largest absolute Gasteiger partial charge is 0.317 e. The van der Waals surface area contributed by atoms with Crippen LogP contribution in [0.2, 0.25) is 0 Å². The topological polar surface area (TPSA) is 37.6 Å². The number of aryl methyl sites for hydroxylation is 2. The number of carbonyl (C=O) groups is 1. The molecule has 1 amide bonds. The lowest BCUT2D eigenvalue weighted by atomic mass is 10.1. The number of rotatable bonds is 4. The molecule has 2 aromatic carbocycles. The van der Waals surface area contributed by atoms with Crippen LogP contribution in [0.4, 0.5) is 10.1 Å². The minimum Gasteiger partial charge on any atom is -0.317 e. The maximum absolute atomic E-state index is 13.2. The zero-order valence-electron chi connectivity index (χ0n) is 17.1. The second-order valence-electron chi connectivity index (χ2n) is 7.12. The molecule has 3 aromatic rings. The van der Waals surface area contributed by atoms with Crippen LogP contribution in [-0.2, 0) is 4.79 Å². The number of halogens is 1. The number of hydrogen-bond donors (Lipinski definition) is 0. The lowest BCUT2D eigenvalue weighted by molar-refractivity contribution is -0.122. The third-order valence-corrected chi connectivity index (χ3v) is 5.93. The van der Waals surface area contributed by atoms with E-state index >= 15 is 0 Å². The van der Waals surface area contributed by atoms with Crippen molar-refractivity contribution < 1.29 is 9.18 Å². The molecular formula is C24H22FN3OS. The molecule has 4 rings (SSSR count). The number of thioether (sulfide) groups is 1. The lowest BCUT2D eigenvalue weighted by Gasteiger charge is -2.12. The van der Waals surface area contributed by atoms with Gasteiger partial charge in [-0.15, -0.1) is 0 Å². The van der Waals surface area contributed by atoms with E-state index in [1.165, 1.54) is 35.0 Å². The number of amides is 1. The van der Waals surface area contributed by atoms with Crippen molar-refractivity contribution in [2.75, 3.05) is 6.54 Å². The summed E-state index contributed by atoms with van der Waals surface area (Å²) in [5.74, 6) is -0.383.